The third-order valence-electron chi connectivity index (χ3n) is 3.39. The molecule has 1 aromatic carbocycles. The van der Waals surface area contributed by atoms with Crippen LogP contribution in [0.25, 0.3) is 11.0 Å². The van der Waals surface area contributed by atoms with Crippen LogP contribution in [0.15, 0.2) is 34.7 Å². The molecule has 0 saturated carbocycles. The molecule has 6 heteroatoms. The van der Waals surface area contributed by atoms with Gasteiger partial charge in [0.2, 0.25) is 5.91 Å². The van der Waals surface area contributed by atoms with Crippen molar-refractivity contribution >= 4 is 22.9 Å². The lowest BCUT2D eigenvalue weighted by Gasteiger charge is -2.22. The highest BCUT2D eigenvalue weighted by atomic mass is 16.3. The Kier molecular flexibility index (Phi) is 4.59. The molecule has 2 aromatic rings. The van der Waals surface area contributed by atoms with Crippen LogP contribution < -0.4 is 10.6 Å². The van der Waals surface area contributed by atoms with Gasteiger partial charge in [0, 0.05) is 12.4 Å². The van der Waals surface area contributed by atoms with E-state index in [1.54, 1.807) is 14.0 Å². The van der Waals surface area contributed by atoms with Crippen LogP contribution in [0, 0.1) is 0 Å². The number of imide groups is 1. The molecule has 0 saturated heterocycles. The van der Waals surface area contributed by atoms with E-state index in [0.29, 0.717) is 6.54 Å². The highest BCUT2D eigenvalue weighted by Gasteiger charge is 2.20. The van der Waals surface area contributed by atoms with E-state index in [9.17, 15) is 9.59 Å². The second kappa shape index (κ2) is 6.41. The number of carbonyl (C=O) groups is 2. The van der Waals surface area contributed by atoms with Gasteiger partial charge in [0.15, 0.2) is 0 Å². The Hall–Kier alpha value is -2.34. The maximum atomic E-state index is 11.9. The first kappa shape index (κ1) is 15.1. The number of likely N-dealkylation sites (N-methyl/N-ethyl adjacent to an activating group) is 1. The zero-order valence-corrected chi connectivity index (χ0v) is 12.3. The van der Waals surface area contributed by atoms with Crippen molar-refractivity contribution < 1.29 is 14.0 Å². The van der Waals surface area contributed by atoms with Crippen LogP contribution in [0.2, 0.25) is 0 Å². The minimum absolute atomic E-state index is 0.354. The first-order valence-corrected chi connectivity index (χ1v) is 6.71. The second-order valence-corrected chi connectivity index (χ2v) is 4.91. The number of furan rings is 1. The van der Waals surface area contributed by atoms with Crippen molar-refractivity contribution in [3.63, 3.8) is 0 Å². The highest BCUT2D eigenvalue weighted by Crippen LogP contribution is 2.20. The van der Waals surface area contributed by atoms with Gasteiger partial charge in [0.05, 0.1) is 12.6 Å². The van der Waals surface area contributed by atoms with Crippen LogP contribution in [0.4, 0.5) is 4.79 Å². The molecule has 1 aromatic heterocycles. The molecule has 112 valence electrons. The number of nitrogens with zero attached hydrogens (tertiary/aromatic N) is 1. The van der Waals surface area contributed by atoms with Gasteiger partial charge in [-0.25, -0.2) is 4.79 Å². The number of rotatable bonds is 4. The molecule has 0 fully saturated rings. The van der Waals surface area contributed by atoms with Crippen molar-refractivity contribution in [1.29, 1.82) is 0 Å². The third kappa shape index (κ3) is 3.61. The number of benzene rings is 1. The Bertz CT molecular complexity index is 617. The minimum Gasteiger partial charge on any atom is -0.460 e. The number of nitrogens with one attached hydrogen (secondary N) is 2. The fourth-order valence-corrected chi connectivity index (χ4v) is 1.98. The molecule has 1 heterocycles. The number of para-hydroxylation sites is 1. The molecule has 0 spiro atoms. The van der Waals surface area contributed by atoms with Gasteiger partial charge in [-0.15, -0.1) is 0 Å². The van der Waals surface area contributed by atoms with Gasteiger partial charge in [-0.05, 0) is 26.1 Å². The van der Waals surface area contributed by atoms with Gasteiger partial charge in [0.25, 0.3) is 0 Å². The van der Waals surface area contributed by atoms with Gasteiger partial charge in [0.1, 0.15) is 11.3 Å². The molecule has 6 nitrogen and oxygen atoms in total. The molecule has 21 heavy (non-hydrogen) atoms. The lowest BCUT2D eigenvalue weighted by Crippen LogP contribution is -2.47. The fourth-order valence-electron chi connectivity index (χ4n) is 1.98. The molecule has 3 amide bonds. The predicted octanol–water partition coefficient (Wildman–Crippen LogP) is 1.71. The number of amides is 3. The zero-order valence-electron chi connectivity index (χ0n) is 12.3. The van der Waals surface area contributed by atoms with Crippen LogP contribution in [0.3, 0.4) is 0 Å². The summed E-state index contributed by atoms with van der Waals surface area (Å²) in [7, 11) is 3.27. The van der Waals surface area contributed by atoms with E-state index >= 15 is 0 Å². The lowest BCUT2D eigenvalue weighted by molar-refractivity contribution is -0.124. The van der Waals surface area contributed by atoms with Crippen molar-refractivity contribution in [3.05, 3.63) is 36.1 Å². The fraction of sp³-hybridized carbons (Fsp3) is 0.333. The Balaban J connectivity index is 2.01. The topological polar surface area (TPSA) is 74.6 Å². The van der Waals surface area contributed by atoms with E-state index in [2.05, 4.69) is 10.6 Å². The van der Waals surface area contributed by atoms with Gasteiger partial charge in [-0.2, -0.15) is 0 Å². The summed E-state index contributed by atoms with van der Waals surface area (Å²) in [4.78, 5) is 24.8. The molecule has 1 atom stereocenters. The summed E-state index contributed by atoms with van der Waals surface area (Å²) in [6.07, 6.45) is 0. The average Bonchev–Trinajstić information content (AvgIpc) is 2.88. The van der Waals surface area contributed by atoms with Crippen molar-refractivity contribution in [2.24, 2.45) is 0 Å². The lowest BCUT2D eigenvalue weighted by atomic mass is 10.2. The summed E-state index contributed by atoms with van der Waals surface area (Å²) in [5, 5.41) is 5.64. The van der Waals surface area contributed by atoms with Gasteiger partial charge in [-0.1, -0.05) is 18.2 Å². The third-order valence-corrected chi connectivity index (χ3v) is 3.39. The summed E-state index contributed by atoms with van der Waals surface area (Å²) in [6.45, 7) is 2.22. The largest absolute Gasteiger partial charge is 0.460 e. The SMILES string of the molecule is CNC(=O)NC(=O)[C@@H](C)N(C)Cc1cc2ccccc2o1. The molecule has 0 aliphatic rings. The van der Waals surface area contributed by atoms with Crippen molar-refractivity contribution in [3.8, 4) is 0 Å². The summed E-state index contributed by atoms with van der Waals surface area (Å²) >= 11 is 0. The number of hydrogen-bond donors (Lipinski definition) is 2. The standard InChI is InChI=1S/C15H19N3O3/c1-10(14(19)17-15(20)16-2)18(3)9-12-8-11-6-4-5-7-13(11)21-12/h4-8,10H,9H2,1-3H3,(H2,16,17,19,20)/t10-/m1/s1. The Labute approximate surface area is 123 Å². The van der Waals surface area contributed by atoms with Gasteiger partial charge in [-0.3, -0.25) is 15.0 Å². The normalized spacial score (nSPS) is 12.4. The average molecular weight is 289 g/mol. The van der Waals surface area contributed by atoms with Crippen LogP contribution in [0.1, 0.15) is 12.7 Å². The summed E-state index contributed by atoms with van der Waals surface area (Å²) in [5.41, 5.74) is 0.823. The first-order chi connectivity index (χ1) is 10.0. The summed E-state index contributed by atoms with van der Waals surface area (Å²) in [6, 6.07) is 8.74. The molecule has 0 bridgehead atoms. The van der Waals surface area contributed by atoms with Crippen LogP contribution >= 0.6 is 0 Å². The maximum Gasteiger partial charge on any atom is 0.321 e. The predicted molar refractivity (Wildman–Crippen MR) is 79.7 cm³/mol. The molecule has 0 aliphatic carbocycles. The van der Waals surface area contributed by atoms with E-state index < -0.39 is 12.1 Å². The number of hydrogen-bond acceptors (Lipinski definition) is 4. The van der Waals surface area contributed by atoms with E-state index in [-0.39, 0.29) is 5.91 Å². The summed E-state index contributed by atoms with van der Waals surface area (Å²) < 4.78 is 5.72. The van der Waals surface area contributed by atoms with Crippen molar-refractivity contribution in [2.75, 3.05) is 14.1 Å². The van der Waals surface area contributed by atoms with E-state index in [0.717, 1.165) is 16.7 Å². The van der Waals surface area contributed by atoms with Crippen molar-refractivity contribution in [2.45, 2.75) is 19.5 Å². The molecule has 0 unspecified atom stereocenters. The minimum atomic E-state index is -0.510. The molecule has 0 radical (unpaired) electrons. The Morgan fingerprint density at radius 3 is 2.71 bits per heavy atom. The molecular formula is C15H19N3O3. The molecular weight excluding hydrogens is 270 g/mol. The first-order valence-electron chi connectivity index (χ1n) is 6.71. The monoisotopic (exact) mass is 289 g/mol. The highest BCUT2D eigenvalue weighted by molar-refractivity contribution is 5.96. The Morgan fingerprint density at radius 1 is 1.33 bits per heavy atom. The molecule has 0 aliphatic heterocycles. The Morgan fingerprint density at radius 2 is 2.05 bits per heavy atom. The van der Waals surface area contributed by atoms with E-state index in [1.807, 2.05) is 35.2 Å². The van der Waals surface area contributed by atoms with Crippen LogP contribution in [-0.4, -0.2) is 37.0 Å². The zero-order chi connectivity index (χ0) is 15.4. The molecule has 2 N–H and O–H groups in total. The second-order valence-electron chi connectivity index (χ2n) is 4.91. The number of urea groups is 1. The van der Waals surface area contributed by atoms with E-state index in [4.69, 9.17) is 4.42 Å². The molecule has 2 rings (SSSR count). The number of fused-ring (bicyclic) bond motifs is 1. The quantitative estimate of drug-likeness (QED) is 0.898. The van der Waals surface area contributed by atoms with Crippen molar-refractivity contribution in [1.82, 2.24) is 15.5 Å². The number of carbonyl (C=O) groups excluding carboxylic acids is 2. The smallest absolute Gasteiger partial charge is 0.321 e. The van der Waals surface area contributed by atoms with Gasteiger partial charge >= 0.3 is 6.03 Å². The van der Waals surface area contributed by atoms with Crippen LogP contribution in [0.5, 0.6) is 0 Å². The summed E-state index contributed by atoms with van der Waals surface area (Å²) in [5.74, 6) is 0.422. The maximum absolute atomic E-state index is 11.9. The van der Waals surface area contributed by atoms with E-state index in [1.165, 1.54) is 7.05 Å². The van der Waals surface area contributed by atoms with Crippen LogP contribution in [-0.2, 0) is 11.3 Å². The van der Waals surface area contributed by atoms with Gasteiger partial charge < -0.3 is 9.73 Å².